The minimum absolute atomic E-state index is 0.0626. The van der Waals surface area contributed by atoms with Crippen LogP contribution in [0, 0.1) is 0 Å². The van der Waals surface area contributed by atoms with Crippen LogP contribution in [0.4, 0.5) is 0 Å². The number of nitrogens with one attached hydrogen (secondary N) is 2. The van der Waals surface area contributed by atoms with Gasteiger partial charge in [-0.25, -0.2) is 4.79 Å². The minimum Gasteiger partial charge on any atom is -0.480 e. The van der Waals surface area contributed by atoms with Crippen molar-refractivity contribution in [1.29, 1.82) is 0 Å². The Labute approximate surface area is 95.4 Å². The molecule has 94 valence electrons. The van der Waals surface area contributed by atoms with Gasteiger partial charge in [-0.1, -0.05) is 6.92 Å². The Bertz CT molecular complexity index is 221. The molecule has 0 aliphatic heterocycles. The largest absolute Gasteiger partial charge is 0.480 e. The summed E-state index contributed by atoms with van der Waals surface area (Å²) in [5.74, 6) is -1.07. The molecule has 0 aliphatic carbocycles. The van der Waals surface area contributed by atoms with Gasteiger partial charge >= 0.3 is 5.97 Å². The lowest BCUT2D eigenvalue weighted by Gasteiger charge is -2.11. The molecule has 0 aromatic carbocycles. The molecule has 3 N–H and O–H groups in total. The van der Waals surface area contributed by atoms with Crippen molar-refractivity contribution in [3.63, 3.8) is 0 Å². The molecule has 0 radical (unpaired) electrons. The minimum atomic E-state index is -1.01. The van der Waals surface area contributed by atoms with Gasteiger partial charge in [-0.2, -0.15) is 0 Å². The molecule has 0 saturated carbocycles. The molecule has 1 atom stereocenters. The SMILES string of the molecule is CCNC(C)CC(=O)NCCOCC(=O)O. The number of carbonyl (C=O) groups excluding carboxylic acids is 1. The maximum Gasteiger partial charge on any atom is 0.329 e. The fraction of sp³-hybridized carbons (Fsp3) is 0.800. The predicted molar refractivity (Wildman–Crippen MR) is 59.2 cm³/mol. The summed E-state index contributed by atoms with van der Waals surface area (Å²) >= 11 is 0. The third-order valence-corrected chi connectivity index (χ3v) is 1.84. The molecular weight excluding hydrogens is 212 g/mol. The topological polar surface area (TPSA) is 87.7 Å². The van der Waals surface area contributed by atoms with Crippen LogP contribution in [0.3, 0.4) is 0 Å². The number of ether oxygens (including phenoxy) is 1. The van der Waals surface area contributed by atoms with Gasteiger partial charge in [-0.3, -0.25) is 4.79 Å². The Morgan fingerprint density at radius 2 is 2.12 bits per heavy atom. The van der Waals surface area contributed by atoms with Crippen molar-refractivity contribution in [2.24, 2.45) is 0 Å². The number of amides is 1. The van der Waals surface area contributed by atoms with Crippen molar-refractivity contribution >= 4 is 11.9 Å². The summed E-state index contributed by atoms with van der Waals surface area (Å²) in [7, 11) is 0. The van der Waals surface area contributed by atoms with E-state index in [0.29, 0.717) is 13.0 Å². The average Bonchev–Trinajstić information content (AvgIpc) is 2.16. The van der Waals surface area contributed by atoms with E-state index >= 15 is 0 Å². The van der Waals surface area contributed by atoms with Gasteiger partial charge in [0.2, 0.25) is 5.91 Å². The summed E-state index contributed by atoms with van der Waals surface area (Å²) in [4.78, 5) is 21.4. The predicted octanol–water partition coefficient (Wildman–Crippen LogP) is -0.408. The first-order valence-corrected chi connectivity index (χ1v) is 5.35. The maximum absolute atomic E-state index is 11.3. The second kappa shape index (κ2) is 9.11. The van der Waals surface area contributed by atoms with Gasteiger partial charge in [0.1, 0.15) is 6.61 Å². The summed E-state index contributed by atoms with van der Waals surface area (Å²) < 4.78 is 4.77. The Morgan fingerprint density at radius 1 is 1.44 bits per heavy atom. The molecule has 0 rings (SSSR count). The van der Waals surface area contributed by atoms with Crippen LogP contribution in [0.15, 0.2) is 0 Å². The van der Waals surface area contributed by atoms with Crippen LogP contribution < -0.4 is 10.6 Å². The van der Waals surface area contributed by atoms with Crippen molar-refractivity contribution in [1.82, 2.24) is 10.6 Å². The first-order valence-electron chi connectivity index (χ1n) is 5.35. The van der Waals surface area contributed by atoms with E-state index in [1.807, 2.05) is 13.8 Å². The summed E-state index contributed by atoms with van der Waals surface area (Å²) in [6, 6.07) is 0.143. The van der Waals surface area contributed by atoms with Crippen molar-refractivity contribution in [3.05, 3.63) is 0 Å². The Hall–Kier alpha value is -1.14. The zero-order valence-corrected chi connectivity index (χ0v) is 9.78. The molecule has 1 amide bonds. The molecule has 0 spiro atoms. The van der Waals surface area contributed by atoms with E-state index in [-0.39, 0.29) is 25.2 Å². The summed E-state index contributed by atoms with van der Waals surface area (Å²) in [5, 5.41) is 14.1. The number of carbonyl (C=O) groups is 2. The van der Waals surface area contributed by atoms with E-state index in [2.05, 4.69) is 10.6 Å². The Balaban J connectivity index is 3.40. The Morgan fingerprint density at radius 3 is 2.69 bits per heavy atom. The molecule has 0 aromatic heterocycles. The lowest BCUT2D eigenvalue weighted by Crippen LogP contribution is -2.35. The van der Waals surface area contributed by atoms with Crippen molar-refractivity contribution in [3.8, 4) is 0 Å². The lowest BCUT2D eigenvalue weighted by atomic mass is 10.2. The molecule has 0 bridgehead atoms. The van der Waals surface area contributed by atoms with Crippen LogP contribution in [-0.4, -0.2) is 49.3 Å². The molecule has 0 aromatic rings. The monoisotopic (exact) mass is 232 g/mol. The van der Waals surface area contributed by atoms with Crippen molar-refractivity contribution in [2.75, 3.05) is 26.3 Å². The van der Waals surface area contributed by atoms with E-state index in [4.69, 9.17) is 9.84 Å². The summed E-state index contributed by atoms with van der Waals surface area (Å²) in [5.41, 5.74) is 0. The van der Waals surface area contributed by atoms with Crippen LogP contribution in [-0.2, 0) is 14.3 Å². The van der Waals surface area contributed by atoms with Crippen LogP contribution in [0.2, 0.25) is 0 Å². The number of hydrogen-bond acceptors (Lipinski definition) is 4. The van der Waals surface area contributed by atoms with Crippen LogP contribution in [0.5, 0.6) is 0 Å². The zero-order valence-electron chi connectivity index (χ0n) is 9.78. The highest BCUT2D eigenvalue weighted by Crippen LogP contribution is 1.89. The quantitative estimate of drug-likeness (QED) is 0.470. The summed E-state index contributed by atoms with van der Waals surface area (Å²) in [6.07, 6.45) is 0.409. The van der Waals surface area contributed by atoms with Crippen LogP contribution in [0.1, 0.15) is 20.3 Å². The second-order valence-corrected chi connectivity index (χ2v) is 3.46. The molecule has 6 heteroatoms. The third-order valence-electron chi connectivity index (χ3n) is 1.84. The number of carboxylic acids is 1. The smallest absolute Gasteiger partial charge is 0.329 e. The van der Waals surface area contributed by atoms with E-state index < -0.39 is 5.97 Å². The first kappa shape index (κ1) is 14.9. The van der Waals surface area contributed by atoms with Gasteiger partial charge in [0.05, 0.1) is 6.61 Å². The first-order chi connectivity index (χ1) is 7.56. The summed E-state index contributed by atoms with van der Waals surface area (Å²) in [6.45, 7) is 4.97. The molecule has 1 unspecified atom stereocenters. The zero-order chi connectivity index (χ0) is 12.4. The van der Waals surface area contributed by atoms with Gasteiger partial charge in [-0.15, -0.1) is 0 Å². The molecule has 0 aliphatic rings. The average molecular weight is 232 g/mol. The Kier molecular flexibility index (Phi) is 8.46. The molecule has 0 fully saturated rings. The normalized spacial score (nSPS) is 12.1. The van der Waals surface area contributed by atoms with E-state index in [1.54, 1.807) is 0 Å². The van der Waals surface area contributed by atoms with Crippen LogP contribution in [0.25, 0.3) is 0 Å². The second-order valence-electron chi connectivity index (χ2n) is 3.46. The number of rotatable bonds is 9. The van der Waals surface area contributed by atoms with Gasteiger partial charge in [0.15, 0.2) is 0 Å². The van der Waals surface area contributed by atoms with Crippen LogP contribution >= 0.6 is 0 Å². The van der Waals surface area contributed by atoms with Crippen molar-refractivity contribution in [2.45, 2.75) is 26.3 Å². The molecule has 0 heterocycles. The van der Waals surface area contributed by atoms with Gasteiger partial charge in [0, 0.05) is 19.0 Å². The standard InChI is InChI=1S/C10H20N2O4/c1-3-11-8(2)6-9(13)12-4-5-16-7-10(14)15/h8,11H,3-7H2,1-2H3,(H,12,13)(H,14,15). The van der Waals surface area contributed by atoms with E-state index in [1.165, 1.54) is 0 Å². The number of carboxylic acid groups (broad SMARTS) is 1. The third kappa shape index (κ3) is 9.42. The van der Waals surface area contributed by atoms with E-state index in [9.17, 15) is 9.59 Å². The highest BCUT2D eigenvalue weighted by atomic mass is 16.5. The molecule has 6 nitrogen and oxygen atoms in total. The van der Waals surface area contributed by atoms with Gasteiger partial charge < -0.3 is 20.5 Å². The fourth-order valence-electron chi connectivity index (χ4n) is 1.19. The molecule has 16 heavy (non-hydrogen) atoms. The van der Waals surface area contributed by atoms with E-state index in [0.717, 1.165) is 6.54 Å². The van der Waals surface area contributed by atoms with Crippen molar-refractivity contribution < 1.29 is 19.4 Å². The maximum atomic E-state index is 11.3. The fourth-order valence-corrected chi connectivity index (χ4v) is 1.19. The lowest BCUT2D eigenvalue weighted by molar-refractivity contribution is -0.142. The van der Waals surface area contributed by atoms with Gasteiger partial charge in [-0.05, 0) is 13.5 Å². The van der Waals surface area contributed by atoms with Gasteiger partial charge in [0.25, 0.3) is 0 Å². The highest BCUT2D eigenvalue weighted by molar-refractivity contribution is 5.76. The molecular formula is C10H20N2O4. The number of aliphatic carboxylic acids is 1. The number of hydrogen-bond donors (Lipinski definition) is 3. The highest BCUT2D eigenvalue weighted by Gasteiger charge is 2.06. The molecule has 0 saturated heterocycles.